The van der Waals surface area contributed by atoms with Crippen molar-refractivity contribution in [3.8, 4) is 0 Å². The van der Waals surface area contributed by atoms with Gasteiger partial charge in [-0.25, -0.2) is 4.98 Å². The van der Waals surface area contributed by atoms with Crippen LogP contribution in [0.25, 0.3) is 11.0 Å². The number of rotatable bonds is 2. The molecule has 19 heavy (non-hydrogen) atoms. The summed E-state index contributed by atoms with van der Waals surface area (Å²) in [6.07, 6.45) is 0. The quantitative estimate of drug-likeness (QED) is 0.688. The number of benzene rings is 2. The molecule has 0 aliphatic rings. The number of nitrogen functional groups attached to an aromatic ring is 1. The smallest absolute Gasteiger partial charge is 0.104 e. The Labute approximate surface area is 111 Å². The third-order valence-electron chi connectivity index (χ3n) is 3.23. The van der Waals surface area contributed by atoms with E-state index in [2.05, 4.69) is 27.0 Å². The molecule has 0 saturated heterocycles. The molecule has 0 fully saturated rings. The predicted molar refractivity (Wildman–Crippen MR) is 79.7 cm³/mol. The van der Waals surface area contributed by atoms with Gasteiger partial charge in [-0.2, -0.15) is 0 Å². The molecule has 4 heteroatoms. The van der Waals surface area contributed by atoms with Crippen molar-refractivity contribution < 1.29 is 0 Å². The maximum absolute atomic E-state index is 5.83. The summed E-state index contributed by atoms with van der Waals surface area (Å²) >= 11 is 0. The zero-order chi connectivity index (χ0) is 13.4. The van der Waals surface area contributed by atoms with Gasteiger partial charge in [0.2, 0.25) is 0 Å². The van der Waals surface area contributed by atoms with Crippen molar-refractivity contribution in [1.82, 2.24) is 9.97 Å². The second-order valence-corrected chi connectivity index (χ2v) is 4.68. The SMILES string of the molecule is Cc1nc2ccc(N(C)c3cccc(N)c3)cc2[nH]1. The highest BCUT2D eigenvalue weighted by Gasteiger charge is 2.06. The van der Waals surface area contributed by atoms with Crippen LogP contribution in [0.15, 0.2) is 42.5 Å². The summed E-state index contributed by atoms with van der Waals surface area (Å²) in [6.45, 7) is 1.96. The van der Waals surface area contributed by atoms with Crippen LogP contribution in [0.5, 0.6) is 0 Å². The number of aromatic amines is 1. The minimum Gasteiger partial charge on any atom is -0.399 e. The molecule has 0 bridgehead atoms. The summed E-state index contributed by atoms with van der Waals surface area (Å²) < 4.78 is 0. The lowest BCUT2D eigenvalue weighted by atomic mass is 10.2. The standard InChI is InChI=1S/C15H16N4/c1-10-17-14-7-6-13(9-15(14)18-10)19(2)12-5-3-4-11(16)8-12/h3-9H,16H2,1-2H3,(H,17,18). The van der Waals surface area contributed by atoms with E-state index < -0.39 is 0 Å². The third kappa shape index (κ3) is 2.12. The summed E-state index contributed by atoms with van der Waals surface area (Å²) in [5.74, 6) is 0.929. The van der Waals surface area contributed by atoms with Crippen molar-refractivity contribution >= 4 is 28.1 Å². The summed E-state index contributed by atoms with van der Waals surface area (Å²) in [5, 5.41) is 0. The van der Waals surface area contributed by atoms with Crippen molar-refractivity contribution in [3.63, 3.8) is 0 Å². The molecule has 0 radical (unpaired) electrons. The highest BCUT2D eigenvalue weighted by molar-refractivity contribution is 5.81. The van der Waals surface area contributed by atoms with Crippen LogP contribution in [0, 0.1) is 6.92 Å². The number of imidazole rings is 1. The van der Waals surface area contributed by atoms with Crippen molar-refractivity contribution in [1.29, 1.82) is 0 Å². The van der Waals surface area contributed by atoms with Crippen LogP contribution in [-0.4, -0.2) is 17.0 Å². The third-order valence-corrected chi connectivity index (χ3v) is 3.23. The van der Waals surface area contributed by atoms with Crippen LogP contribution in [0.2, 0.25) is 0 Å². The Kier molecular flexibility index (Phi) is 2.63. The Bertz CT molecular complexity index is 730. The lowest BCUT2D eigenvalue weighted by Crippen LogP contribution is -2.09. The zero-order valence-corrected chi connectivity index (χ0v) is 11.0. The Morgan fingerprint density at radius 1 is 1.11 bits per heavy atom. The molecular formula is C15H16N4. The molecule has 1 heterocycles. The summed E-state index contributed by atoms with van der Waals surface area (Å²) in [5.41, 5.74) is 10.8. The van der Waals surface area contributed by atoms with Crippen LogP contribution in [0.4, 0.5) is 17.1 Å². The first-order valence-electron chi connectivity index (χ1n) is 6.19. The lowest BCUT2D eigenvalue weighted by Gasteiger charge is -2.19. The monoisotopic (exact) mass is 252 g/mol. The van der Waals surface area contributed by atoms with Gasteiger partial charge in [0.05, 0.1) is 11.0 Å². The molecule has 0 saturated carbocycles. The van der Waals surface area contributed by atoms with Gasteiger partial charge in [-0.15, -0.1) is 0 Å². The number of anilines is 3. The second kappa shape index (κ2) is 4.31. The molecule has 0 aliphatic carbocycles. The van der Waals surface area contributed by atoms with E-state index in [-0.39, 0.29) is 0 Å². The van der Waals surface area contributed by atoms with Gasteiger partial charge in [0, 0.05) is 24.1 Å². The van der Waals surface area contributed by atoms with Gasteiger partial charge < -0.3 is 15.6 Å². The van der Waals surface area contributed by atoms with E-state index in [4.69, 9.17) is 5.73 Å². The predicted octanol–water partition coefficient (Wildman–Crippen LogP) is 3.22. The number of hydrogen-bond acceptors (Lipinski definition) is 3. The van der Waals surface area contributed by atoms with Gasteiger partial charge in [-0.1, -0.05) is 6.07 Å². The normalized spacial score (nSPS) is 10.8. The summed E-state index contributed by atoms with van der Waals surface area (Å²) in [6, 6.07) is 14.0. The Morgan fingerprint density at radius 2 is 1.89 bits per heavy atom. The molecule has 2 aromatic carbocycles. The number of nitrogens with zero attached hydrogens (tertiary/aromatic N) is 2. The van der Waals surface area contributed by atoms with E-state index in [1.807, 2.05) is 44.3 Å². The van der Waals surface area contributed by atoms with Gasteiger partial charge in [0.25, 0.3) is 0 Å². The van der Waals surface area contributed by atoms with Crippen LogP contribution in [0.3, 0.4) is 0 Å². The van der Waals surface area contributed by atoms with E-state index in [9.17, 15) is 0 Å². The van der Waals surface area contributed by atoms with Gasteiger partial charge >= 0.3 is 0 Å². The second-order valence-electron chi connectivity index (χ2n) is 4.68. The molecule has 3 aromatic rings. The number of hydrogen-bond donors (Lipinski definition) is 2. The van der Waals surface area contributed by atoms with Gasteiger partial charge in [0.15, 0.2) is 0 Å². The minimum absolute atomic E-state index is 0.766. The van der Waals surface area contributed by atoms with E-state index in [0.717, 1.165) is 33.9 Å². The maximum atomic E-state index is 5.83. The Hall–Kier alpha value is -2.49. The molecule has 0 aliphatic heterocycles. The fraction of sp³-hybridized carbons (Fsp3) is 0.133. The lowest BCUT2D eigenvalue weighted by molar-refractivity contribution is 1.17. The van der Waals surface area contributed by atoms with E-state index >= 15 is 0 Å². The van der Waals surface area contributed by atoms with Crippen LogP contribution >= 0.6 is 0 Å². The zero-order valence-electron chi connectivity index (χ0n) is 11.0. The molecule has 1 aromatic heterocycles. The van der Waals surface area contributed by atoms with E-state index in [1.165, 1.54) is 0 Å². The molecule has 3 rings (SSSR count). The number of fused-ring (bicyclic) bond motifs is 1. The van der Waals surface area contributed by atoms with E-state index in [1.54, 1.807) is 0 Å². The molecule has 0 unspecified atom stereocenters. The molecular weight excluding hydrogens is 236 g/mol. The molecule has 3 N–H and O–H groups in total. The average Bonchev–Trinajstić information content (AvgIpc) is 2.76. The number of nitrogens with one attached hydrogen (secondary N) is 1. The van der Waals surface area contributed by atoms with Crippen molar-refractivity contribution in [3.05, 3.63) is 48.3 Å². The van der Waals surface area contributed by atoms with Crippen molar-refractivity contribution in [2.75, 3.05) is 17.7 Å². The first-order valence-corrected chi connectivity index (χ1v) is 6.19. The summed E-state index contributed by atoms with van der Waals surface area (Å²) in [7, 11) is 2.03. The maximum Gasteiger partial charge on any atom is 0.104 e. The molecule has 0 spiro atoms. The topological polar surface area (TPSA) is 57.9 Å². The fourth-order valence-corrected chi connectivity index (χ4v) is 2.22. The summed E-state index contributed by atoms with van der Waals surface area (Å²) in [4.78, 5) is 9.76. The van der Waals surface area contributed by atoms with Crippen molar-refractivity contribution in [2.45, 2.75) is 6.92 Å². The highest BCUT2D eigenvalue weighted by Crippen LogP contribution is 2.27. The minimum atomic E-state index is 0.766. The van der Waals surface area contributed by atoms with Crippen LogP contribution in [0.1, 0.15) is 5.82 Å². The largest absolute Gasteiger partial charge is 0.399 e. The number of nitrogens with two attached hydrogens (primary N) is 1. The van der Waals surface area contributed by atoms with E-state index in [0.29, 0.717) is 0 Å². The Morgan fingerprint density at radius 3 is 2.68 bits per heavy atom. The van der Waals surface area contributed by atoms with Crippen molar-refractivity contribution in [2.24, 2.45) is 0 Å². The molecule has 96 valence electrons. The van der Waals surface area contributed by atoms with Crippen LogP contribution < -0.4 is 10.6 Å². The van der Waals surface area contributed by atoms with Gasteiger partial charge in [0.1, 0.15) is 5.82 Å². The fourth-order valence-electron chi connectivity index (χ4n) is 2.22. The van der Waals surface area contributed by atoms with Gasteiger partial charge in [-0.3, -0.25) is 0 Å². The first-order chi connectivity index (χ1) is 9.13. The molecule has 0 amide bonds. The number of aromatic nitrogens is 2. The average molecular weight is 252 g/mol. The highest BCUT2D eigenvalue weighted by atomic mass is 15.1. The molecule has 0 atom stereocenters. The number of H-pyrrole nitrogens is 1. The van der Waals surface area contributed by atoms with Gasteiger partial charge in [-0.05, 0) is 43.3 Å². The number of aryl methyl sites for hydroxylation is 1. The Balaban J connectivity index is 2.03. The first kappa shape index (κ1) is 11.6. The van der Waals surface area contributed by atoms with Crippen LogP contribution in [-0.2, 0) is 0 Å². The molecule has 4 nitrogen and oxygen atoms in total.